The maximum absolute atomic E-state index is 12.4. The van der Waals surface area contributed by atoms with E-state index in [0.29, 0.717) is 18.8 Å². The SMILES string of the molecule is CC1CC1c1ccc(CCC(=O)NC(CCN(C)C)C(C)(C)C)o1. The van der Waals surface area contributed by atoms with Crippen LogP contribution in [0.15, 0.2) is 16.5 Å². The molecule has 1 saturated carbocycles. The molecule has 1 fully saturated rings. The summed E-state index contributed by atoms with van der Waals surface area (Å²) in [5, 5.41) is 3.22. The normalized spacial score (nSPS) is 21.8. The van der Waals surface area contributed by atoms with Crippen LogP contribution in [0.3, 0.4) is 0 Å². The monoisotopic (exact) mass is 334 g/mol. The van der Waals surface area contributed by atoms with Gasteiger partial charge >= 0.3 is 0 Å². The van der Waals surface area contributed by atoms with Crippen molar-refractivity contribution in [3.05, 3.63) is 23.7 Å². The van der Waals surface area contributed by atoms with Crippen molar-refractivity contribution in [2.75, 3.05) is 20.6 Å². The summed E-state index contributed by atoms with van der Waals surface area (Å²) in [6, 6.07) is 4.30. The molecule has 1 heterocycles. The number of hydrogen-bond donors (Lipinski definition) is 1. The van der Waals surface area contributed by atoms with Gasteiger partial charge in [-0.1, -0.05) is 27.7 Å². The van der Waals surface area contributed by atoms with Gasteiger partial charge in [0.25, 0.3) is 0 Å². The molecule has 4 nitrogen and oxygen atoms in total. The molecule has 1 aliphatic carbocycles. The van der Waals surface area contributed by atoms with Crippen molar-refractivity contribution in [2.45, 2.75) is 65.3 Å². The molecule has 2 rings (SSSR count). The summed E-state index contributed by atoms with van der Waals surface area (Å²) in [7, 11) is 4.13. The minimum absolute atomic E-state index is 0.0611. The van der Waals surface area contributed by atoms with Crippen molar-refractivity contribution in [3.8, 4) is 0 Å². The van der Waals surface area contributed by atoms with E-state index in [-0.39, 0.29) is 17.4 Å². The van der Waals surface area contributed by atoms with Crippen molar-refractivity contribution in [2.24, 2.45) is 11.3 Å². The van der Waals surface area contributed by atoms with E-state index >= 15 is 0 Å². The zero-order chi connectivity index (χ0) is 17.9. The topological polar surface area (TPSA) is 45.5 Å². The molecule has 1 aromatic heterocycles. The van der Waals surface area contributed by atoms with E-state index in [1.807, 2.05) is 6.07 Å². The van der Waals surface area contributed by atoms with Crippen molar-refractivity contribution in [1.82, 2.24) is 10.2 Å². The van der Waals surface area contributed by atoms with Crippen molar-refractivity contribution >= 4 is 5.91 Å². The second-order valence-electron chi connectivity index (χ2n) is 8.70. The highest BCUT2D eigenvalue weighted by atomic mass is 16.3. The highest BCUT2D eigenvalue weighted by Crippen LogP contribution is 2.47. The molecule has 0 spiro atoms. The number of carbonyl (C=O) groups is 1. The van der Waals surface area contributed by atoms with E-state index in [1.165, 1.54) is 6.42 Å². The Balaban J connectivity index is 1.80. The molecule has 0 aromatic carbocycles. The molecule has 0 bridgehead atoms. The summed E-state index contributed by atoms with van der Waals surface area (Å²) in [5.74, 6) is 3.49. The predicted octanol–water partition coefficient (Wildman–Crippen LogP) is 3.82. The van der Waals surface area contributed by atoms with Crippen LogP contribution >= 0.6 is 0 Å². The third-order valence-corrected chi connectivity index (χ3v) is 5.00. The molecule has 3 atom stereocenters. The molecule has 3 unspecified atom stereocenters. The Kier molecular flexibility index (Phi) is 6.13. The third-order valence-electron chi connectivity index (χ3n) is 5.00. The van der Waals surface area contributed by atoms with Crippen LogP contribution in [0.4, 0.5) is 0 Å². The maximum atomic E-state index is 12.4. The van der Waals surface area contributed by atoms with Crippen molar-refractivity contribution in [3.63, 3.8) is 0 Å². The van der Waals surface area contributed by atoms with E-state index < -0.39 is 0 Å². The number of nitrogens with one attached hydrogen (secondary N) is 1. The predicted molar refractivity (Wildman–Crippen MR) is 98.1 cm³/mol. The van der Waals surface area contributed by atoms with Crippen LogP contribution in [0.25, 0.3) is 0 Å². The molecule has 24 heavy (non-hydrogen) atoms. The standard InChI is InChI=1S/C20H34N2O2/c1-14-13-16(14)17-9-7-15(24-17)8-10-19(23)21-18(20(2,3)4)11-12-22(5)6/h7,9,14,16,18H,8,10-13H2,1-6H3,(H,21,23). The average molecular weight is 335 g/mol. The fourth-order valence-electron chi connectivity index (χ4n) is 3.06. The number of aryl methyl sites for hydroxylation is 1. The Morgan fingerprint density at radius 3 is 2.58 bits per heavy atom. The summed E-state index contributed by atoms with van der Waals surface area (Å²) in [6.45, 7) is 9.78. The average Bonchev–Trinajstić information content (AvgIpc) is 3.01. The summed E-state index contributed by atoms with van der Waals surface area (Å²) in [6.07, 6.45) is 3.36. The highest BCUT2D eigenvalue weighted by molar-refractivity contribution is 5.76. The highest BCUT2D eigenvalue weighted by Gasteiger charge is 2.36. The molecule has 1 amide bonds. The lowest BCUT2D eigenvalue weighted by Gasteiger charge is -2.32. The summed E-state index contributed by atoms with van der Waals surface area (Å²) in [4.78, 5) is 14.5. The van der Waals surface area contributed by atoms with Gasteiger partial charge in [0.05, 0.1) is 0 Å². The van der Waals surface area contributed by atoms with Gasteiger partial charge in [-0.15, -0.1) is 0 Å². The summed E-state index contributed by atoms with van der Waals surface area (Å²) >= 11 is 0. The molecule has 4 heteroatoms. The smallest absolute Gasteiger partial charge is 0.220 e. The molecular formula is C20H34N2O2. The van der Waals surface area contributed by atoms with Gasteiger partial charge in [0.2, 0.25) is 5.91 Å². The van der Waals surface area contributed by atoms with Gasteiger partial charge < -0.3 is 14.6 Å². The van der Waals surface area contributed by atoms with Gasteiger partial charge in [-0.05, 0) is 56.9 Å². The van der Waals surface area contributed by atoms with E-state index in [0.717, 1.165) is 30.4 Å². The number of nitrogens with zero attached hydrogens (tertiary/aromatic N) is 1. The summed E-state index contributed by atoms with van der Waals surface area (Å²) in [5.41, 5.74) is 0.0611. The number of hydrogen-bond acceptors (Lipinski definition) is 3. The van der Waals surface area contributed by atoms with Gasteiger partial charge in [0.1, 0.15) is 11.5 Å². The summed E-state index contributed by atoms with van der Waals surface area (Å²) < 4.78 is 5.89. The molecule has 1 aromatic rings. The van der Waals surface area contributed by atoms with E-state index in [2.05, 4.69) is 58.1 Å². The zero-order valence-electron chi connectivity index (χ0n) is 16.2. The second-order valence-corrected chi connectivity index (χ2v) is 8.70. The van der Waals surface area contributed by atoms with Crippen LogP contribution in [-0.4, -0.2) is 37.5 Å². The van der Waals surface area contributed by atoms with E-state index in [1.54, 1.807) is 0 Å². The lowest BCUT2D eigenvalue weighted by Crippen LogP contribution is -2.45. The molecular weight excluding hydrogens is 300 g/mol. The fraction of sp³-hybridized carbons (Fsp3) is 0.750. The molecule has 0 radical (unpaired) electrons. The van der Waals surface area contributed by atoms with Gasteiger partial charge in [-0.25, -0.2) is 0 Å². The van der Waals surface area contributed by atoms with Gasteiger partial charge in [0, 0.05) is 24.8 Å². The minimum atomic E-state index is 0.0611. The van der Waals surface area contributed by atoms with Crippen LogP contribution in [-0.2, 0) is 11.2 Å². The van der Waals surface area contributed by atoms with Crippen LogP contribution in [0, 0.1) is 11.3 Å². The zero-order valence-corrected chi connectivity index (χ0v) is 16.2. The van der Waals surface area contributed by atoms with Gasteiger partial charge in [-0.2, -0.15) is 0 Å². The molecule has 0 aliphatic heterocycles. The van der Waals surface area contributed by atoms with Gasteiger partial charge in [0.15, 0.2) is 0 Å². The maximum Gasteiger partial charge on any atom is 0.220 e. The lowest BCUT2D eigenvalue weighted by atomic mass is 9.84. The number of rotatable bonds is 8. The quantitative estimate of drug-likeness (QED) is 0.786. The first-order valence-corrected chi connectivity index (χ1v) is 9.19. The first kappa shape index (κ1) is 19.0. The minimum Gasteiger partial charge on any atom is -0.466 e. The van der Waals surface area contributed by atoms with E-state index in [4.69, 9.17) is 4.42 Å². The van der Waals surface area contributed by atoms with Crippen molar-refractivity contribution in [1.29, 1.82) is 0 Å². The Morgan fingerprint density at radius 1 is 1.38 bits per heavy atom. The Labute approximate surface area is 147 Å². The first-order valence-electron chi connectivity index (χ1n) is 9.19. The largest absolute Gasteiger partial charge is 0.466 e. The number of carbonyl (C=O) groups excluding carboxylic acids is 1. The molecule has 0 saturated heterocycles. The lowest BCUT2D eigenvalue weighted by molar-refractivity contribution is -0.122. The van der Waals surface area contributed by atoms with Gasteiger partial charge in [-0.3, -0.25) is 4.79 Å². The van der Waals surface area contributed by atoms with Crippen molar-refractivity contribution < 1.29 is 9.21 Å². The molecule has 1 aliphatic rings. The first-order chi connectivity index (χ1) is 11.2. The Bertz CT molecular complexity index is 542. The third kappa shape index (κ3) is 5.66. The Morgan fingerprint density at radius 2 is 2.04 bits per heavy atom. The van der Waals surface area contributed by atoms with Crippen LogP contribution in [0.5, 0.6) is 0 Å². The van der Waals surface area contributed by atoms with Crippen LogP contribution in [0.1, 0.15) is 64.4 Å². The number of amides is 1. The van der Waals surface area contributed by atoms with Crippen LogP contribution in [0.2, 0.25) is 0 Å². The molecule has 136 valence electrons. The van der Waals surface area contributed by atoms with Crippen LogP contribution < -0.4 is 5.32 Å². The number of furan rings is 1. The fourth-order valence-corrected chi connectivity index (χ4v) is 3.06. The van der Waals surface area contributed by atoms with E-state index in [9.17, 15) is 4.79 Å². The second kappa shape index (κ2) is 7.73. The molecule has 1 N–H and O–H groups in total. The Hall–Kier alpha value is -1.29.